The number of para-hydroxylation sites is 1. The number of aryl methyl sites for hydroxylation is 2. The molecule has 25 heavy (non-hydrogen) atoms. The number of ether oxygens (including phenoxy) is 1. The zero-order chi connectivity index (χ0) is 17.6. The second kappa shape index (κ2) is 8.07. The molecule has 0 spiro atoms. The molecule has 1 atom stereocenters. The Morgan fingerprint density at radius 3 is 2.88 bits per heavy atom. The molecule has 1 aliphatic rings. The highest BCUT2D eigenvalue weighted by Crippen LogP contribution is 2.24. The quantitative estimate of drug-likeness (QED) is 0.845. The SMILES string of the molecule is CCc1cccc(C)c1Nc1cnc(C(=O)NCC2CCCO2)cn1. The molecule has 2 aromatic rings. The topological polar surface area (TPSA) is 76.1 Å². The molecule has 0 aliphatic carbocycles. The number of hydrogen-bond donors (Lipinski definition) is 2. The van der Waals surface area contributed by atoms with E-state index in [1.54, 1.807) is 6.20 Å². The summed E-state index contributed by atoms with van der Waals surface area (Å²) in [6.07, 6.45) is 6.18. The van der Waals surface area contributed by atoms with Crippen LogP contribution < -0.4 is 10.6 Å². The highest BCUT2D eigenvalue weighted by atomic mass is 16.5. The van der Waals surface area contributed by atoms with Crippen LogP contribution in [0.4, 0.5) is 11.5 Å². The maximum absolute atomic E-state index is 12.1. The van der Waals surface area contributed by atoms with Gasteiger partial charge in [0.2, 0.25) is 0 Å². The van der Waals surface area contributed by atoms with E-state index in [1.807, 2.05) is 6.07 Å². The predicted octanol–water partition coefficient (Wildman–Crippen LogP) is 3.00. The first-order chi connectivity index (χ1) is 12.2. The fraction of sp³-hybridized carbons (Fsp3) is 0.421. The monoisotopic (exact) mass is 340 g/mol. The van der Waals surface area contributed by atoms with E-state index in [0.29, 0.717) is 18.1 Å². The lowest BCUT2D eigenvalue weighted by Crippen LogP contribution is -2.32. The third-order valence-electron chi connectivity index (χ3n) is 4.39. The number of rotatable bonds is 6. The molecule has 1 unspecified atom stereocenters. The molecule has 1 fully saturated rings. The Bertz CT molecular complexity index is 725. The molecule has 132 valence electrons. The van der Waals surface area contributed by atoms with Crippen LogP contribution in [0.25, 0.3) is 0 Å². The largest absolute Gasteiger partial charge is 0.376 e. The van der Waals surface area contributed by atoms with Crippen LogP contribution in [-0.4, -0.2) is 35.1 Å². The van der Waals surface area contributed by atoms with Crippen molar-refractivity contribution in [2.24, 2.45) is 0 Å². The lowest BCUT2D eigenvalue weighted by Gasteiger charge is -2.13. The second-order valence-corrected chi connectivity index (χ2v) is 6.22. The highest BCUT2D eigenvalue weighted by molar-refractivity contribution is 5.92. The fourth-order valence-corrected chi connectivity index (χ4v) is 2.94. The molecule has 1 aromatic heterocycles. The van der Waals surface area contributed by atoms with Crippen LogP contribution in [0, 0.1) is 6.92 Å². The van der Waals surface area contributed by atoms with Gasteiger partial charge in [-0.1, -0.05) is 25.1 Å². The Labute approximate surface area is 148 Å². The molecule has 0 radical (unpaired) electrons. The smallest absolute Gasteiger partial charge is 0.271 e. The molecule has 2 heterocycles. The molecule has 1 aromatic carbocycles. The summed E-state index contributed by atoms with van der Waals surface area (Å²) in [5.74, 6) is 0.402. The van der Waals surface area contributed by atoms with Gasteiger partial charge >= 0.3 is 0 Å². The number of anilines is 2. The molecule has 6 heteroatoms. The van der Waals surface area contributed by atoms with Crippen LogP contribution in [0.1, 0.15) is 41.4 Å². The Kier molecular flexibility index (Phi) is 5.60. The number of amides is 1. The minimum atomic E-state index is -0.223. The lowest BCUT2D eigenvalue weighted by atomic mass is 10.1. The number of nitrogens with one attached hydrogen (secondary N) is 2. The highest BCUT2D eigenvalue weighted by Gasteiger charge is 2.17. The van der Waals surface area contributed by atoms with E-state index in [-0.39, 0.29) is 12.0 Å². The molecule has 1 saturated heterocycles. The average Bonchev–Trinajstić information content (AvgIpc) is 3.15. The van der Waals surface area contributed by atoms with E-state index in [1.165, 1.54) is 11.8 Å². The number of hydrogen-bond acceptors (Lipinski definition) is 5. The number of benzene rings is 1. The van der Waals surface area contributed by atoms with Crippen molar-refractivity contribution in [2.45, 2.75) is 39.2 Å². The van der Waals surface area contributed by atoms with Crippen molar-refractivity contribution >= 4 is 17.4 Å². The van der Waals surface area contributed by atoms with Gasteiger partial charge in [0.1, 0.15) is 11.5 Å². The van der Waals surface area contributed by atoms with E-state index < -0.39 is 0 Å². The van der Waals surface area contributed by atoms with Gasteiger partial charge in [-0.25, -0.2) is 9.97 Å². The first-order valence-electron chi connectivity index (χ1n) is 8.74. The van der Waals surface area contributed by atoms with Gasteiger partial charge in [-0.3, -0.25) is 4.79 Å². The maximum Gasteiger partial charge on any atom is 0.271 e. The second-order valence-electron chi connectivity index (χ2n) is 6.22. The van der Waals surface area contributed by atoms with Gasteiger partial charge < -0.3 is 15.4 Å². The Morgan fingerprint density at radius 2 is 2.20 bits per heavy atom. The van der Waals surface area contributed by atoms with Gasteiger partial charge in [0.15, 0.2) is 0 Å². The summed E-state index contributed by atoms with van der Waals surface area (Å²) in [5, 5.41) is 6.16. The summed E-state index contributed by atoms with van der Waals surface area (Å²) >= 11 is 0. The van der Waals surface area contributed by atoms with Crippen LogP contribution in [0.5, 0.6) is 0 Å². The predicted molar refractivity (Wildman–Crippen MR) is 97.2 cm³/mol. The van der Waals surface area contributed by atoms with Crippen molar-refractivity contribution in [1.82, 2.24) is 15.3 Å². The molecule has 1 amide bonds. The van der Waals surface area contributed by atoms with Crippen LogP contribution in [-0.2, 0) is 11.2 Å². The van der Waals surface area contributed by atoms with Gasteiger partial charge in [0.05, 0.1) is 18.5 Å². The Balaban J connectivity index is 1.63. The molecule has 0 bridgehead atoms. The van der Waals surface area contributed by atoms with Crippen molar-refractivity contribution in [1.29, 1.82) is 0 Å². The third-order valence-corrected chi connectivity index (χ3v) is 4.39. The molecule has 6 nitrogen and oxygen atoms in total. The number of nitrogens with zero attached hydrogens (tertiary/aromatic N) is 2. The third kappa shape index (κ3) is 4.33. The molecule has 2 N–H and O–H groups in total. The first-order valence-corrected chi connectivity index (χ1v) is 8.74. The summed E-state index contributed by atoms with van der Waals surface area (Å²) in [7, 11) is 0. The number of aromatic nitrogens is 2. The van der Waals surface area contributed by atoms with Crippen molar-refractivity contribution < 1.29 is 9.53 Å². The molecular formula is C19H24N4O2. The summed E-state index contributed by atoms with van der Waals surface area (Å²) in [4.78, 5) is 20.7. The average molecular weight is 340 g/mol. The van der Waals surface area contributed by atoms with Crippen LogP contribution >= 0.6 is 0 Å². The summed E-state index contributed by atoms with van der Waals surface area (Å²) in [6, 6.07) is 6.20. The van der Waals surface area contributed by atoms with Gasteiger partial charge in [0.25, 0.3) is 5.91 Å². The van der Waals surface area contributed by atoms with Crippen molar-refractivity contribution in [3.63, 3.8) is 0 Å². The van der Waals surface area contributed by atoms with Crippen LogP contribution in [0.2, 0.25) is 0 Å². The molecule has 3 rings (SSSR count). The fourth-order valence-electron chi connectivity index (χ4n) is 2.94. The first kappa shape index (κ1) is 17.4. The van der Waals surface area contributed by atoms with E-state index in [4.69, 9.17) is 4.74 Å². The van der Waals surface area contributed by atoms with Crippen LogP contribution in [0.15, 0.2) is 30.6 Å². The maximum atomic E-state index is 12.1. The van der Waals surface area contributed by atoms with E-state index in [0.717, 1.165) is 37.1 Å². The van der Waals surface area contributed by atoms with Crippen molar-refractivity contribution in [3.8, 4) is 0 Å². The zero-order valence-electron chi connectivity index (χ0n) is 14.7. The normalized spacial score (nSPS) is 16.6. The summed E-state index contributed by atoms with van der Waals surface area (Å²) in [6.45, 7) is 5.47. The minimum absolute atomic E-state index is 0.117. The van der Waals surface area contributed by atoms with Gasteiger partial charge in [-0.2, -0.15) is 0 Å². The minimum Gasteiger partial charge on any atom is -0.376 e. The van der Waals surface area contributed by atoms with Gasteiger partial charge in [-0.05, 0) is 37.3 Å². The Morgan fingerprint density at radius 1 is 1.32 bits per heavy atom. The van der Waals surface area contributed by atoms with Gasteiger partial charge in [0, 0.05) is 18.8 Å². The lowest BCUT2D eigenvalue weighted by molar-refractivity contribution is 0.0853. The standard InChI is InChI=1S/C19H24N4O2/c1-3-14-7-4-6-13(2)18(14)23-17-12-20-16(11-21-17)19(24)22-10-15-8-5-9-25-15/h4,6-7,11-12,15H,3,5,8-10H2,1-2H3,(H,21,23)(H,22,24). The number of carbonyl (C=O) groups excluding carboxylic acids is 1. The summed E-state index contributed by atoms with van der Waals surface area (Å²) < 4.78 is 5.50. The molecule has 1 aliphatic heterocycles. The van der Waals surface area contributed by atoms with E-state index >= 15 is 0 Å². The summed E-state index contributed by atoms with van der Waals surface area (Å²) in [5.41, 5.74) is 3.73. The van der Waals surface area contributed by atoms with Crippen molar-refractivity contribution in [3.05, 3.63) is 47.4 Å². The van der Waals surface area contributed by atoms with Crippen molar-refractivity contribution in [2.75, 3.05) is 18.5 Å². The molecular weight excluding hydrogens is 316 g/mol. The number of carbonyl (C=O) groups is 1. The van der Waals surface area contributed by atoms with E-state index in [2.05, 4.69) is 46.6 Å². The van der Waals surface area contributed by atoms with E-state index in [9.17, 15) is 4.79 Å². The van der Waals surface area contributed by atoms with Crippen LogP contribution in [0.3, 0.4) is 0 Å². The Hall–Kier alpha value is -2.47. The van der Waals surface area contributed by atoms with Gasteiger partial charge in [-0.15, -0.1) is 0 Å². The zero-order valence-corrected chi connectivity index (χ0v) is 14.7. The molecule has 0 saturated carbocycles.